The Morgan fingerprint density at radius 3 is 2.29 bits per heavy atom. The van der Waals surface area contributed by atoms with Crippen molar-refractivity contribution in [1.29, 1.82) is 0 Å². The quantitative estimate of drug-likeness (QED) is 0.820. The van der Waals surface area contributed by atoms with E-state index < -0.39 is 0 Å². The molecule has 0 aliphatic heterocycles. The van der Waals surface area contributed by atoms with Crippen LogP contribution in [0.5, 0.6) is 0 Å². The van der Waals surface area contributed by atoms with Gasteiger partial charge in [-0.25, -0.2) is 0 Å². The van der Waals surface area contributed by atoms with Crippen molar-refractivity contribution in [3.8, 4) is 0 Å². The van der Waals surface area contributed by atoms with Crippen LogP contribution in [0, 0.1) is 5.41 Å². The molecule has 1 atom stereocenters. The average molecular weight is 298 g/mol. The van der Waals surface area contributed by atoms with Crippen LogP contribution in [-0.4, -0.2) is 12.6 Å². The van der Waals surface area contributed by atoms with Gasteiger partial charge in [-0.15, -0.1) is 0 Å². The van der Waals surface area contributed by atoms with Crippen LogP contribution in [0.3, 0.4) is 0 Å². The zero-order chi connectivity index (χ0) is 12.9. The van der Waals surface area contributed by atoms with Gasteiger partial charge in [0, 0.05) is 17.1 Å². The van der Waals surface area contributed by atoms with E-state index in [-0.39, 0.29) is 0 Å². The molecule has 0 bridgehead atoms. The monoisotopic (exact) mass is 297 g/mol. The van der Waals surface area contributed by atoms with Gasteiger partial charge in [0.1, 0.15) is 0 Å². The minimum Gasteiger partial charge on any atom is -0.314 e. The van der Waals surface area contributed by atoms with Crippen molar-refractivity contribution in [3.05, 3.63) is 34.3 Å². The second-order valence-corrected chi connectivity index (χ2v) is 6.42. The van der Waals surface area contributed by atoms with Crippen LogP contribution in [0.4, 0.5) is 0 Å². The molecule has 1 aromatic carbocycles. The summed E-state index contributed by atoms with van der Waals surface area (Å²) in [6.07, 6.45) is 2.33. The lowest BCUT2D eigenvalue weighted by atomic mass is 9.81. The molecule has 1 nitrogen and oxygen atoms in total. The summed E-state index contributed by atoms with van der Waals surface area (Å²) in [5.41, 5.74) is 1.76. The SMILES string of the molecule is CCC(C)(CNC(C)C)Cc1ccc(Br)cc1. The van der Waals surface area contributed by atoms with Gasteiger partial charge in [-0.05, 0) is 36.0 Å². The van der Waals surface area contributed by atoms with Crippen LogP contribution in [-0.2, 0) is 6.42 Å². The van der Waals surface area contributed by atoms with Crippen molar-refractivity contribution in [2.45, 2.75) is 46.6 Å². The third-order valence-corrected chi connectivity index (χ3v) is 3.86. The third kappa shape index (κ3) is 5.22. The molecule has 0 spiro atoms. The molecule has 1 N–H and O–H groups in total. The van der Waals surface area contributed by atoms with Gasteiger partial charge in [-0.2, -0.15) is 0 Å². The minimum absolute atomic E-state index is 0.345. The molecule has 0 aliphatic carbocycles. The molecule has 17 heavy (non-hydrogen) atoms. The Balaban J connectivity index is 2.64. The lowest BCUT2D eigenvalue weighted by Gasteiger charge is -2.30. The van der Waals surface area contributed by atoms with E-state index >= 15 is 0 Å². The molecule has 0 amide bonds. The Bertz CT molecular complexity index is 331. The fraction of sp³-hybridized carbons (Fsp3) is 0.600. The predicted molar refractivity (Wildman–Crippen MR) is 79.4 cm³/mol. The lowest BCUT2D eigenvalue weighted by molar-refractivity contribution is 0.281. The van der Waals surface area contributed by atoms with E-state index in [9.17, 15) is 0 Å². The molecule has 1 aromatic rings. The molecule has 0 radical (unpaired) electrons. The molecule has 0 saturated carbocycles. The Morgan fingerprint density at radius 2 is 1.82 bits per heavy atom. The predicted octanol–water partition coefficient (Wildman–Crippen LogP) is 4.41. The van der Waals surface area contributed by atoms with Crippen molar-refractivity contribution in [2.75, 3.05) is 6.54 Å². The van der Waals surface area contributed by atoms with E-state index in [1.54, 1.807) is 0 Å². The summed E-state index contributed by atoms with van der Waals surface area (Å²) in [7, 11) is 0. The number of rotatable bonds is 6. The summed E-state index contributed by atoms with van der Waals surface area (Å²) >= 11 is 3.48. The summed E-state index contributed by atoms with van der Waals surface area (Å²) in [6, 6.07) is 9.24. The van der Waals surface area contributed by atoms with Crippen LogP contribution in [0.15, 0.2) is 28.7 Å². The van der Waals surface area contributed by atoms with Crippen LogP contribution in [0.2, 0.25) is 0 Å². The highest BCUT2D eigenvalue weighted by Crippen LogP contribution is 2.26. The Morgan fingerprint density at radius 1 is 1.24 bits per heavy atom. The highest BCUT2D eigenvalue weighted by atomic mass is 79.9. The Labute approximate surface area is 114 Å². The second kappa shape index (κ2) is 6.55. The molecule has 2 heteroatoms. The van der Waals surface area contributed by atoms with Crippen LogP contribution in [0.1, 0.15) is 39.7 Å². The van der Waals surface area contributed by atoms with Crippen molar-refractivity contribution >= 4 is 15.9 Å². The number of hydrogen-bond donors (Lipinski definition) is 1. The number of benzene rings is 1. The van der Waals surface area contributed by atoms with Gasteiger partial charge in [0.2, 0.25) is 0 Å². The van der Waals surface area contributed by atoms with Gasteiger partial charge in [0.25, 0.3) is 0 Å². The molecule has 0 heterocycles. The largest absolute Gasteiger partial charge is 0.314 e. The van der Waals surface area contributed by atoms with Gasteiger partial charge in [0.05, 0.1) is 0 Å². The van der Waals surface area contributed by atoms with Gasteiger partial charge in [-0.3, -0.25) is 0 Å². The molecule has 0 aromatic heterocycles. The average Bonchev–Trinajstić information content (AvgIpc) is 2.30. The molecular formula is C15H24BrN. The maximum atomic E-state index is 3.56. The second-order valence-electron chi connectivity index (χ2n) is 5.50. The first-order chi connectivity index (χ1) is 7.95. The van der Waals surface area contributed by atoms with E-state index in [1.165, 1.54) is 12.0 Å². The van der Waals surface area contributed by atoms with Crippen LogP contribution >= 0.6 is 15.9 Å². The maximum Gasteiger partial charge on any atom is 0.0175 e. The normalized spacial score (nSPS) is 14.9. The smallest absolute Gasteiger partial charge is 0.0175 e. The third-order valence-electron chi connectivity index (χ3n) is 3.33. The van der Waals surface area contributed by atoms with E-state index in [4.69, 9.17) is 0 Å². The first-order valence-electron chi connectivity index (χ1n) is 6.43. The van der Waals surface area contributed by atoms with Crippen molar-refractivity contribution in [3.63, 3.8) is 0 Å². The maximum absolute atomic E-state index is 3.56. The zero-order valence-electron chi connectivity index (χ0n) is 11.4. The minimum atomic E-state index is 0.345. The summed E-state index contributed by atoms with van der Waals surface area (Å²) in [5.74, 6) is 0. The molecule has 0 aliphatic rings. The summed E-state index contributed by atoms with van der Waals surface area (Å²) in [6.45, 7) is 10.1. The van der Waals surface area contributed by atoms with Gasteiger partial charge in [0.15, 0.2) is 0 Å². The van der Waals surface area contributed by atoms with Crippen LogP contribution in [0.25, 0.3) is 0 Å². The van der Waals surface area contributed by atoms with E-state index in [0.29, 0.717) is 11.5 Å². The van der Waals surface area contributed by atoms with E-state index in [1.807, 2.05) is 0 Å². The summed E-state index contributed by atoms with van der Waals surface area (Å²) in [4.78, 5) is 0. The molecule has 0 saturated heterocycles. The molecular weight excluding hydrogens is 274 g/mol. The number of nitrogens with one attached hydrogen (secondary N) is 1. The first kappa shape index (κ1) is 14.7. The number of hydrogen-bond acceptors (Lipinski definition) is 1. The first-order valence-corrected chi connectivity index (χ1v) is 7.22. The molecule has 0 fully saturated rings. The highest BCUT2D eigenvalue weighted by Gasteiger charge is 2.22. The van der Waals surface area contributed by atoms with Gasteiger partial charge in [-0.1, -0.05) is 55.8 Å². The topological polar surface area (TPSA) is 12.0 Å². The van der Waals surface area contributed by atoms with Gasteiger partial charge >= 0.3 is 0 Å². The fourth-order valence-electron chi connectivity index (χ4n) is 1.86. The Hall–Kier alpha value is -0.340. The van der Waals surface area contributed by atoms with E-state index in [2.05, 4.69) is 73.2 Å². The molecule has 1 unspecified atom stereocenters. The highest BCUT2D eigenvalue weighted by molar-refractivity contribution is 9.10. The van der Waals surface area contributed by atoms with Crippen LogP contribution < -0.4 is 5.32 Å². The molecule has 1 rings (SSSR count). The van der Waals surface area contributed by atoms with Gasteiger partial charge < -0.3 is 5.32 Å². The molecule has 96 valence electrons. The summed E-state index contributed by atoms with van der Waals surface area (Å²) < 4.78 is 1.15. The van der Waals surface area contributed by atoms with E-state index in [0.717, 1.165) is 17.4 Å². The standard InChI is InChI=1S/C15H24BrN/c1-5-15(4,11-17-12(2)3)10-13-6-8-14(16)9-7-13/h6-9,12,17H,5,10-11H2,1-4H3. The number of halogens is 1. The summed E-state index contributed by atoms with van der Waals surface area (Å²) in [5, 5.41) is 3.56. The zero-order valence-corrected chi connectivity index (χ0v) is 13.0. The van der Waals surface area contributed by atoms with Crippen molar-refractivity contribution < 1.29 is 0 Å². The fourth-order valence-corrected chi connectivity index (χ4v) is 2.12. The van der Waals surface area contributed by atoms with Crippen molar-refractivity contribution in [2.24, 2.45) is 5.41 Å². The Kier molecular flexibility index (Phi) is 5.68. The van der Waals surface area contributed by atoms with Crippen molar-refractivity contribution in [1.82, 2.24) is 5.32 Å². The lowest BCUT2D eigenvalue weighted by Crippen LogP contribution is -2.36.